The molecule has 1 heterocycles. The first-order valence-corrected chi connectivity index (χ1v) is 16.3. The SMILES string of the molecule is C[C@@H](C(=O)NC1CCCC1)N(Cc1ccc(Br)cc1)C(=O)CN(c1ccc2c(c1)OCCO2)S(=O)(=O)c1ccccc1. The second kappa shape index (κ2) is 13.2. The second-order valence-corrected chi connectivity index (χ2v) is 13.2. The number of ether oxygens (including phenoxy) is 2. The third-order valence-electron chi connectivity index (χ3n) is 7.56. The fourth-order valence-electron chi connectivity index (χ4n) is 5.20. The summed E-state index contributed by atoms with van der Waals surface area (Å²) in [5, 5.41) is 3.08. The molecule has 3 aromatic rings. The molecular weight excluding hydrogens is 622 g/mol. The third kappa shape index (κ3) is 6.90. The highest BCUT2D eigenvalue weighted by atomic mass is 79.9. The highest BCUT2D eigenvalue weighted by Crippen LogP contribution is 2.36. The highest BCUT2D eigenvalue weighted by molar-refractivity contribution is 9.10. The number of benzene rings is 3. The van der Waals surface area contributed by atoms with Crippen molar-refractivity contribution in [1.82, 2.24) is 10.2 Å². The van der Waals surface area contributed by atoms with Gasteiger partial charge in [0, 0.05) is 23.1 Å². The van der Waals surface area contributed by atoms with Crippen LogP contribution < -0.4 is 19.1 Å². The number of carbonyl (C=O) groups excluding carboxylic acids is 2. The highest BCUT2D eigenvalue weighted by Gasteiger charge is 2.34. The number of hydrogen-bond donors (Lipinski definition) is 1. The molecule has 1 saturated carbocycles. The number of nitrogens with zero attached hydrogens (tertiary/aromatic N) is 2. The van der Waals surface area contributed by atoms with Crippen LogP contribution in [0.25, 0.3) is 0 Å². The number of nitrogens with one attached hydrogen (secondary N) is 1. The zero-order valence-electron chi connectivity index (χ0n) is 23.4. The largest absolute Gasteiger partial charge is 0.486 e. The maximum Gasteiger partial charge on any atom is 0.264 e. The molecule has 1 atom stereocenters. The molecule has 0 aromatic heterocycles. The Bertz CT molecular complexity index is 1510. The minimum Gasteiger partial charge on any atom is -0.486 e. The molecule has 9 nitrogen and oxygen atoms in total. The predicted octanol–water partition coefficient (Wildman–Crippen LogP) is 4.89. The van der Waals surface area contributed by atoms with Crippen molar-refractivity contribution in [2.24, 2.45) is 0 Å². The first-order chi connectivity index (χ1) is 20.2. The van der Waals surface area contributed by atoms with E-state index < -0.39 is 28.5 Å². The third-order valence-corrected chi connectivity index (χ3v) is 9.88. The summed E-state index contributed by atoms with van der Waals surface area (Å²) in [6.45, 7) is 2.01. The van der Waals surface area contributed by atoms with Crippen LogP contribution in [0.2, 0.25) is 0 Å². The first-order valence-electron chi connectivity index (χ1n) is 14.0. The number of amides is 2. The van der Waals surface area contributed by atoms with E-state index in [1.54, 1.807) is 43.3 Å². The molecule has 42 heavy (non-hydrogen) atoms. The van der Waals surface area contributed by atoms with Crippen molar-refractivity contribution >= 4 is 43.5 Å². The molecule has 0 bridgehead atoms. The summed E-state index contributed by atoms with van der Waals surface area (Å²) in [5.74, 6) is 0.128. The Balaban J connectivity index is 1.48. The molecule has 1 aliphatic carbocycles. The molecule has 11 heteroatoms. The van der Waals surface area contributed by atoms with Crippen LogP contribution in [0.5, 0.6) is 11.5 Å². The molecular formula is C31H34BrN3O6S. The summed E-state index contributed by atoms with van der Waals surface area (Å²) in [5.41, 5.74) is 1.06. The number of carbonyl (C=O) groups is 2. The van der Waals surface area contributed by atoms with Crippen LogP contribution in [0.1, 0.15) is 38.2 Å². The van der Waals surface area contributed by atoms with E-state index in [0.29, 0.717) is 24.7 Å². The Morgan fingerprint density at radius 3 is 2.31 bits per heavy atom. The van der Waals surface area contributed by atoms with Gasteiger partial charge in [-0.05, 0) is 61.7 Å². The van der Waals surface area contributed by atoms with Gasteiger partial charge in [-0.2, -0.15) is 0 Å². The number of sulfonamides is 1. The van der Waals surface area contributed by atoms with Gasteiger partial charge in [0.1, 0.15) is 25.8 Å². The van der Waals surface area contributed by atoms with E-state index in [2.05, 4.69) is 21.2 Å². The van der Waals surface area contributed by atoms with Gasteiger partial charge in [0.2, 0.25) is 11.8 Å². The van der Waals surface area contributed by atoms with E-state index >= 15 is 0 Å². The maximum absolute atomic E-state index is 14.1. The van der Waals surface area contributed by atoms with Crippen LogP contribution in [0.4, 0.5) is 5.69 Å². The lowest BCUT2D eigenvalue weighted by Gasteiger charge is -2.32. The van der Waals surface area contributed by atoms with Gasteiger partial charge in [-0.1, -0.05) is 59.1 Å². The lowest BCUT2D eigenvalue weighted by Crippen LogP contribution is -2.52. The molecule has 0 unspecified atom stereocenters. The molecule has 222 valence electrons. The van der Waals surface area contributed by atoms with Crippen molar-refractivity contribution in [3.8, 4) is 11.5 Å². The zero-order valence-corrected chi connectivity index (χ0v) is 25.8. The minimum absolute atomic E-state index is 0.0409. The molecule has 0 saturated heterocycles. The van der Waals surface area contributed by atoms with Gasteiger partial charge in [-0.3, -0.25) is 13.9 Å². The Kier molecular flexibility index (Phi) is 9.37. The van der Waals surface area contributed by atoms with E-state index in [0.717, 1.165) is 40.0 Å². The average molecular weight is 657 g/mol. The normalized spacial score (nSPS) is 15.6. The number of rotatable bonds is 10. The van der Waals surface area contributed by atoms with Crippen molar-refractivity contribution < 1.29 is 27.5 Å². The van der Waals surface area contributed by atoms with Crippen molar-refractivity contribution in [2.75, 3.05) is 24.1 Å². The Morgan fingerprint density at radius 2 is 1.62 bits per heavy atom. The van der Waals surface area contributed by atoms with Crippen LogP contribution >= 0.6 is 15.9 Å². The standard InChI is InChI=1S/C31H34BrN3O6S/c1-22(31(37)33-25-7-5-6-8-25)34(20-23-11-13-24(32)14-12-23)30(36)21-35(42(38,39)27-9-3-2-4-10-27)26-15-16-28-29(19-26)41-18-17-40-28/h2-4,9-16,19,22,25H,5-8,17-18,20-21H2,1H3,(H,33,37)/t22-/m0/s1. The predicted molar refractivity (Wildman–Crippen MR) is 163 cm³/mol. The van der Waals surface area contributed by atoms with Gasteiger partial charge >= 0.3 is 0 Å². The lowest BCUT2D eigenvalue weighted by molar-refractivity contribution is -0.139. The fraction of sp³-hybridized carbons (Fsp3) is 0.355. The molecule has 1 fully saturated rings. The quantitative estimate of drug-likeness (QED) is 0.333. The number of anilines is 1. The van der Waals surface area contributed by atoms with Gasteiger partial charge in [0.05, 0.1) is 10.6 Å². The van der Waals surface area contributed by atoms with Crippen LogP contribution in [0, 0.1) is 0 Å². The van der Waals surface area contributed by atoms with Crippen LogP contribution in [0.15, 0.2) is 82.2 Å². The summed E-state index contributed by atoms with van der Waals surface area (Å²) in [6, 6.07) is 19.5. The molecule has 1 aliphatic heterocycles. The topological polar surface area (TPSA) is 105 Å². The van der Waals surface area contributed by atoms with E-state index in [9.17, 15) is 18.0 Å². The molecule has 0 radical (unpaired) electrons. The summed E-state index contributed by atoms with van der Waals surface area (Å²) in [4.78, 5) is 29.0. The maximum atomic E-state index is 14.1. The second-order valence-electron chi connectivity index (χ2n) is 10.5. The molecule has 0 spiro atoms. The van der Waals surface area contributed by atoms with Crippen molar-refractivity contribution in [1.29, 1.82) is 0 Å². The molecule has 3 aromatic carbocycles. The zero-order chi connectivity index (χ0) is 29.7. The summed E-state index contributed by atoms with van der Waals surface area (Å²) < 4.78 is 41.3. The van der Waals surface area contributed by atoms with Crippen LogP contribution in [0.3, 0.4) is 0 Å². The van der Waals surface area contributed by atoms with Crippen molar-refractivity contribution in [3.05, 3.63) is 82.8 Å². The molecule has 5 rings (SSSR count). The van der Waals surface area contributed by atoms with Gasteiger partial charge in [-0.15, -0.1) is 0 Å². The van der Waals surface area contributed by atoms with Crippen LogP contribution in [-0.4, -0.2) is 57.0 Å². The Labute approximate surface area is 255 Å². The minimum atomic E-state index is -4.17. The van der Waals surface area contributed by atoms with E-state index in [-0.39, 0.29) is 29.1 Å². The molecule has 1 N–H and O–H groups in total. The summed E-state index contributed by atoms with van der Waals surface area (Å²) >= 11 is 3.43. The summed E-state index contributed by atoms with van der Waals surface area (Å²) in [6.07, 6.45) is 3.93. The smallest absolute Gasteiger partial charge is 0.264 e. The Hall–Kier alpha value is -3.57. The van der Waals surface area contributed by atoms with Gasteiger partial charge < -0.3 is 19.7 Å². The number of fused-ring (bicyclic) bond motifs is 1. The number of hydrogen-bond acceptors (Lipinski definition) is 6. The van der Waals surface area contributed by atoms with Crippen molar-refractivity contribution in [3.63, 3.8) is 0 Å². The Morgan fingerprint density at radius 1 is 0.952 bits per heavy atom. The average Bonchev–Trinajstić information content (AvgIpc) is 3.52. The van der Waals surface area contributed by atoms with E-state index in [1.165, 1.54) is 17.0 Å². The summed E-state index contributed by atoms with van der Waals surface area (Å²) in [7, 11) is -4.17. The van der Waals surface area contributed by atoms with E-state index in [4.69, 9.17) is 9.47 Å². The van der Waals surface area contributed by atoms with Crippen molar-refractivity contribution in [2.45, 2.75) is 56.1 Å². The lowest BCUT2D eigenvalue weighted by atomic mass is 10.1. The monoisotopic (exact) mass is 655 g/mol. The van der Waals surface area contributed by atoms with Gasteiger partial charge in [0.25, 0.3) is 10.0 Å². The molecule has 2 amide bonds. The van der Waals surface area contributed by atoms with Crippen LogP contribution in [-0.2, 0) is 26.2 Å². The first kappa shape index (κ1) is 29.9. The van der Waals surface area contributed by atoms with Gasteiger partial charge in [-0.25, -0.2) is 8.42 Å². The fourth-order valence-corrected chi connectivity index (χ4v) is 6.89. The molecule has 2 aliphatic rings. The van der Waals surface area contributed by atoms with Gasteiger partial charge in [0.15, 0.2) is 11.5 Å². The van der Waals surface area contributed by atoms with E-state index in [1.807, 2.05) is 24.3 Å². The number of halogens is 1.